The highest BCUT2D eigenvalue weighted by Crippen LogP contribution is 2.27. The molecular formula is C18H29NO. The van der Waals surface area contributed by atoms with E-state index in [1.54, 1.807) is 0 Å². The SMILES string of the molecule is CCNC(CC1CCOC1)c1cccc(CC(C)C)c1. The summed E-state index contributed by atoms with van der Waals surface area (Å²) in [5.41, 5.74) is 2.90. The number of nitrogens with one attached hydrogen (secondary N) is 1. The van der Waals surface area contributed by atoms with Crippen LogP contribution in [0.3, 0.4) is 0 Å². The number of hydrogen-bond donors (Lipinski definition) is 1. The molecule has 20 heavy (non-hydrogen) atoms. The first kappa shape index (κ1) is 15.5. The monoisotopic (exact) mass is 275 g/mol. The number of ether oxygens (including phenoxy) is 1. The molecule has 1 aromatic carbocycles. The first-order chi connectivity index (χ1) is 9.69. The van der Waals surface area contributed by atoms with Gasteiger partial charge in [0.1, 0.15) is 0 Å². The first-order valence-corrected chi connectivity index (χ1v) is 8.09. The van der Waals surface area contributed by atoms with Crippen LogP contribution < -0.4 is 5.32 Å². The van der Waals surface area contributed by atoms with Crippen LogP contribution >= 0.6 is 0 Å². The topological polar surface area (TPSA) is 21.3 Å². The van der Waals surface area contributed by atoms with Gasteiger partial charge in [0.2, 0.25) is 0 Å². The summed E-state index contributed by atoms with van der Waals surface area (Å²) < 4.78 is 5.52. The molecule has 2 unspecified atom stereocenters. The highest BCUT2D eigenvalue weighted by atomic mass is 16.5. The maximum atomic E-state index is 5.52. The normalized spacial score (nSPS) is 20.5. The zero-order valence-corrected chi connectivity index (χ0v) is 13.2. The van der Waals surface area contributed by atoms with Crippen molar-refractivity contribution in [2.75, 3.05) is 19.8 Å². The predicted molar refractivity (Wildman–Crippen MR) is 84.9 cm³/mol. The van der Waals surface area contributed by atoms with E-state index in [9.17, 15) is 0 Å². The van der Waals surface area contributed by atoms with E-state index in [0.29, 0.717) is 17.9 Å². The Kier molecular flexibility index (Phi) is 6.06. The van der Waals surface area contributed by atoms with Crippen LogP contribution in [-0.4, -0.2) is 19.8 Å². The fourth-order valence-electron chi connectivity index (χ4n) is 3.09. The van der Waals surface area contributed by atoms with Crippen molar-refractivity contribution in [3.8, 4) is 0 Å². The molecule has 1 aromatic rings. The summed E-state index contributed by atoms with van der Waals surface area (Å²) in [7, 11) is 0. The Labute approximate surface area is 123 Å². The number of hydrogen-bond acceptors (Lipinski definition) is 2. The molecule has 2 nitrogen and oxygen atoms in total. The van der Waals surface area contributed by atoms with Gasteiger partial charge in [-0.1, -0.05) is 45.0 Å². The Morgan fingerprint density at radius 3 is 2.85 bits per heavy atom. The zero-order chi connectivity index (χ0) is 14.4. The van der Waals surface area contributed by atoms with Crippen molar-refractivity contribution in [3.63, 3.8) is 0 Å². The number of rotatable bonds is 7. The van der Waals surface area contributed by atoms with Crippen molar-refractivity contribution >= 4 is 0 Å². The molecule has 0 radical (unpaired) electrons. The van der Waals surface area contributed by atoms with Crippen molar-refractivity contribution in [1.82, 2.24) is 5.32 Å². The lowest BCUT2D eigenvalue weighted by atomic mass is 9.92. The Bertz CT molecular complexity index is 396. The second-order valence-corrected chi connectivity index (χ2v) is 6.42. The largest absolute Gasteiger partial charge is 0.381 e. The molecule has 0 saturated carbocycles. The van der Waals surface area contributed by atoms with Crippen LogP contribution in [0.5, 0.6) is 0 Å². The molecule has 2 atom stereocenters. The highest BCUT2D eigenvalue weighted by Gasteiger charge is 2.21. The Hall–Kier alpha value is -0.860. The maximum absolute atomic E-state index is 5.52. The van der Waals surface area contributed by atoms with Gasteiger partial charge >= 0.3 is 0 Å². The third-order valence-electron chi connectivity index (χ3n) is 4.04. The summed E-state index contributed by atoms with van der Waals surface area (Å²) in [4.78, 5) is 0. The minimum absolute atomic E-state index is 0.471. The van der Waals surface area contributed by atoms with Gasteiger partial charge < -0.3 is 10.1 Å². The van der Waals surface area contributed by atoms with Crippen molar-refractivity contribution in [3.05, 3.63) is 35.4 Å². The van der Waals surface area contributed by atoms with Crippen LogP contribution in [0, 0.1) is 11.8 Å². The Morgan fingerprint density at radius 2 is 2.20 bits per heavy atom. The van der Waals surface area contributed by atoms with Gasteiger partial charge in [0.15, 0.2) is 0 Å². The molecule has 1 N–H and O–H groups in total. The molecule has 0 spiro atoms. The lowest BCUT2D eigenvalue weighted by molar-refractivity contribution is 0.181. The third-order valence-corrected chi connectivity index (χ3v) is 4.04. The summed E-state index contributed by atoms with van der Waals surface area (Å²) in [6, 6.07) is 9.60. The third kappa shape index (κ3) is 4.60. The van der Waals surface area contributed by atoms with Gasteiger partial charge in [-0.15, -0.1) is 0 Å². The van der Waals surface area contributed by atoms with Crippen LogP contribution in [0.2, 0.25) is 0 Å². The van der Waals surface area contributed by atoms with Gasteiger partial charge in [-0.2, -0.15) is 0 Å². The second kappa shape index (κ2) is 7.80. The summed E-state index contributed by atoms with van der Waals surface area (Å²) in [5.74, 6) is 1.43. The maximum Gasteiger partial charge on any atom is 0.0495 e. The average Bonchev–Trinajstić information content (AvgIpc) is 2.91. The fraction of sp³-hybridized carbons (Fsp3) is 0.667. The van der Waals surface area contributed by atoms with E-state index in [4.69, 9.17) is 4.74 Å². The minimum Gasteiger partial charge on any atom is -0.381 e. The van der Waals surface area contributed by atoms with Crippen LogP contribution in [0.15, 0.2) is 24.3 Å². The molecule has 112 valence electrons. The van der Waals surface area contributed by atoms with Gasteiger partial charge in [0.25, 0.3) is 0 Å². The standard InChI is InChI=1S/C18H29NO/c1-4-19-18(12-16-8-9-20-13-16)17-7-5-6-15(11-17)10-14(2)3/h5-7,11,14,16,18-19H,4,8-10,12-13H2,1-3H3. The molecule has 2 heteroatoms. The summed E-state index contributed by atoms with van der Waals surface area (Å²) in [6.45, 7) is 9.65. The van der Waals surface area contributed by atoms with E-state index >= 15 is 0 Å². The Morgan fingerprint density at radius 1 is 1.35 bits per heavy atom. The van der Waals surface area contributed by atoms with E-state index in [1.165, 1.54) is 30.4 Å². The molecule has 1 aliphatic rings. The fourth-order valence-corrected chi connectivity index (χ4v) is 3.09. The smallest absolute Gasteiger partial charge is 0.0495 e. The van der Waals surface area contributed by atoms with Crippen molar-refractivity contribution < 1.29 is 4.74 Å². The van der Waals surface area contributed by atoms with Crippen LogP contribution in [0.25, 0.3) is 0 Å². The number of benzene rings is 1. The molecular weight excluding hydrogens is 246 g/mol. The lowest BCUT2D eigenvalue weighted by Crippen LogP contribution is -2.24. The van der Waals surface area contributed by atoms with E-state index in [2.05, 4.69) is 50.4 Å². The van der Waals surface area contributed by atoms with E-state index in [1.807, 2.05) is 0 Å². The van der Waals surface area contributed by atoms with Crippen molar-refractivity contribution in [1.29, 1.82) is 0 Å². The summed E-state index contributed by atoms with van der Waals surface area (Å²) in [6.07, 6.45) is 3.58. The molecule has 1 saturated heterocycles. The average molecular weight is 275 g/mol. The van der Waals surface area contributed by atoms with Gasteiger partial charge in [-0.25, -0.2) is 0 Å². The van der Waals surface area contributed by atoms with Gasteiger partial charge in [0, 0.05) is 19.3 Å². The summed E-state index contributed by atoms with van der Waals surface area (Å²) >= 11 is 0. The van der Waals surface area contributed by atoms with Crippen LogP contribution in [0.1, 0.15) is 50.8 Å². The molecule has 2 rings (SSSR count). The van der Waals surface area contributed by atoms with Crippen LogP contribution in [-0.2, 0) is 11.2 Å². The predicted octanol–water partition coefficient (Wildman–Crippen LogP) is 3.96. The molecule has 0 aromatic heterocycles. The first-order valence-electron chi connectivity index (χ1n) is 8.09. The highest BCUT2D eigenvalue weighted by molar-refractivity contribution is 5.26. The van der Waals surface area contributed by atoms with E-state index < -0.39 is 0 Å². The minimum atomic E-state index is 0.471. The quantitative estimate of drug-likeness (QED) is 0.813. The van der Waals surface area contributed by atoms with E-state index in [-0.39, 0.29) is 0 Å². The Balaban J connectivity index is 2.06. The van der Waals surface area contributed by atoms with Crippen molar-refractivity contribution in [2.24, 2.45) is 11.8 Å². The van der Waals surface area contributed by atoms with Crippen LogP contribution in [0.4, 0.5) is 0 Å². The van der Waals surface area contributed by atoms with Gasteiger partial charge in [-0.05, 0) is 48.8 Å². The molecule has 0 bridgehead atoms. The van der Waals surface area contributed by atoms with Gasteiger partial charge in [-0.3, -0.25) is 0 Å². The lowest BCUT2D eigenvalue weighted by Gasteiger charge is -2.22. The molecule has 1 fully saturated rings. The molecule has 0 aliphatic carbocycles. The molecule has 1 aliphatic heterocycles. The van der Waals surface area contributed by atoms with Crippen molar-refractivity contribution in [2.45, 2.75) is 46.1 Å². The van der Waals surface area contributed by atoms with E-state index in [0.717, 1.165) is 19.8 Å². The molecule has 1 heterocycles. The van der Waals surface area contributed by atoms with Gasteiger partial charge in [0.05, 0.1) is 0 Å². The second-order valence-electron chi connectivity index (χ2n) is 6.42. The zero-order valence-electron chi connectivity index (χ0n) is 13.2. The molecule has 0 amide bonds. The summed E-state index contributed by atoms with van der Waals surface area (Å²) in [5, 5.41) is 3.65.